The highest BCUT2D eigenvalue weighted by molar-refractivity contribution is 14.0. The van der Waals surface area contributed by atoms with Crippen LogP contribution in [-0.4, -0.2) is 109 Å². The third-order valence-corrected chi connectivity index (χ3v) is 6.32. The van der Waals surface area contributed by atoms with Crippen molar-refractivity contribution in [1.82, 2.24) is 24.9 Å². The molecule has 0 aromatic rings. The summed E-state index contributed by atoms with van der Waals surface area (Å²) in [5, 5.41) is 3.36. The molecular weight excluding hydrogens is 495 g/mol. The molecule has 0 aromatic heterocycles. The van der Waals surface area contributed by atoms with E-state index in [9.17, 15) is 9.59 Å². The Morgan fingerprint density at radius 2 is 1.43 bits per heavy atom. The van der Waals surface area contributed by atoms with Crippen molar-refractivity contribution in [3.63, 3.8) is 0 Å². The van der Waals surface area contributed by atoms with Gasteiger partial charge in [0.25, 0.3) is 0 Å². The molecule has 3 aliphatic heterocycles. The Labute approximate surface area is 198 Å². The maximum atomic E-state index is 12.7. The minimum Gasteiger partial charge on any atom is -0.357 e. The zero-order valence-electron chi connectivity index (χ0n) is 18.6. The lowest BCUT2D eigenvalue weighted by molar-refractivity contribution is -0.135. The Kier molecular flexibility index (Phi) is 10.6. The van der Waals surface area contributed by atoms with Crippen molar-refractivity contribution in [3.05, 3.63) is 0 Å². The first-order valence-electron chi connectivity index (χ1n) is 11.4. The van der Waals surface area contributed by atoms with Crippen LogP contribution in [0.2, 0.25) is 0 Å². The number of piperazine rings is 1. The summed E-state index contributed by atoms with van der Waals surface area (Å²) < 4.78 is 0. The van der Waals surface area contributed by atoms with E-state index < -0.39 is 0 Å². The summed E-state index contributed by atoms with van der Waals surface area (Å²) in [6.45, 7) is 12.5. The molecule has 0 saturated carbocycles. The number of aliphatic imine (C=N–C) groups is 1. The first-order valence-corrected chi connectivity index (χ1v) is 11.4. The average molecular weight is 534 g/mol. The van der Waals surface area contributed by atoms with Gasteiger partial charge < -0.3 is 20.0 Å². The van der Waals surface area contributed by atoms with Gasteiger partial charge in [-0.25, -0.2) is 0 Å². The number of guanidine groups is 1. The molecular formula is C21H39IN6O2. The largest absolute Gasteiger partial charge is 0.357 e. The first kappa shape index (κ1) is 25.2. The van der Waals surface area contributed by atoms with Crippen molar-refractivity contribution in [2.75, 3.05) is 65.4 Å². The highest BCUT2D eigenvalue weighted by Gasteiger charge is 2.30. The predicted octanol–water partition coefficient (Wildman–Crippen LogP) is 1.21. The topological polar surface area (TPSA) is 71.5 Å². The molecule has 3 rings (SSSR count). The van der Waals surface area contributed by atoms with Crippen LogP contribution < -0.4 is 5.32 Å². The Balaban J connectivity index is 0.00000320. The fourth-order valence-electron chi connectivity index (χ4n) is 4.49. The normalized spacial score (nSPS) is 21.5. The second kappa shape index (κ2) is 12.7. The summed E-state index contributed by atoms with van der Waals surface area (Å²) in [5.74, 6) is 1.39. The number of likely N-dealkylation sites (tertiary alicyclic amines) is 2. The number of carbonyl (C=O) groups is 2. The van der Waals surface area contributed by atoms with Crippen LogP contribution in [0.1, 0.15) is 46.0 Å². The molecule has 3 saturated heterocycles. The highest BCUT2D eigenvalue weighted by atomic mass is 127. The van der Waals surface area contributed by atoms with Crippen LogP contribution in [0.3, 0.4) is 0 Å². The van der Waals surface area contributed by atoms with E-state index in [1.165, 1.54) is 0 Å². The quantitative estimate of drug-likeness (QED) is 0.315. The predicted molar refractivity (Wildman–Crippen MR) is 130 cm³/mol. The van der Waals surface area contributed by atoms with E-state index in [-0.39, 0.29) is 41.8 Å². The highest BCUT2D eigenvalue weighted by Crippen LogP contribution is 2.14. The molecule has 3 aliphatic rings. The number of halogens is 1. The number of hydrogen-bond donors (Lipinski definition) is 1. The number of nitrogens with zero attached hydrogens (tertiary/aromatic N) is 5. The van der Waals surface area contributed by atoms with Crippen molar-refractivity contribution >= 4 is 41.8 Å². The minimum atomic E-state index is -0.0483. The summed E-state index contributed by atoms with van der Waals surface area (Å²) in [7, 11) is 0. The Hall–Kier alpha value is -1.10. The van der Waals surface area contributed by atoms with E-state index in [1.807, 2.05) is 16.7 Å². The summed E-state index contributed by atoms with van der Waals surface area (Å²) in [5.41, 5.74) is 0. The van der Waals surface area contributed by atoms with Gasteiger partial charge in [0.15, 0.2) is 5.96 Å². The van der Waals surface area contributed by atoms with Crippen molar-refractivity contribution in [3.8, 4) is 0 Å². The molecule has 3 heterocycles. The third kappa shape index (κ3) is 6.70. The molecule has 1 N–H and O–H groups in total. The van der Waals surface area contributed by atoms with E-state index >= 15 is 0 Å². The standard InChI is InChI=1S/C21H38N6O2.HI/c1-3-22-21(23-9-8-19(28)25-10-4-5-11-25)27-16-14-24(15-17-27)18(2)20(29)26-12-6-7-13-26;/h18H,3-17H2,1-2H3,(H,22,23);1H. The van der Waals surface area contributed by atoms with Crippen molar-refractivity contribution < 1.29 is 9.59 Å². The molecule has 9 heteroatoms. The molecule has 1 atom stereocenters. The van der Waals surface area contributed by atoms with Crippen LogP contribution in [0.25, 0.3) is 0 Å². The Morgan fingerprint density at radius 3 is 2.00 bits per heavy atom. The van der Waals surface area contributed by atoms with Gasteiger partial charge in [-0.3, -0.25) is 19.5 Å². The van der Waals surface area contributed by atoms with Gasteiger partial charge in [-0.2, -0.15) is 0 Å². The third-order valence-electron chi connectivity index (χ3n) is 6.32. The molecule has 30 heavy (non-hydrogen) atoms. The van der Waals surface area contributed by atoms with Gasteiger partial charge in [0.1, 0.15) is 0 Å². The van der Waals surface area contributed by atoms with E-state index in [2.05, 4.69) is 22.0 Å². The van der Waals surface area contributed by atoms with Crippen molar-refractivity contribution in [2.24, 2.45) is 4.99 Å². The van der Waals surface area contributed by atoms with E-state index in [0.29, 0.717) is 13.0 Å². The van der Waals surface area contributed by atoms with Crippen molar-refractivity contribution in [1.29, 1.82) is 0 Å². The Morgan fingerprint density at radius 1 is 0.867 bits per heavy atom. The van der Waals surface area contributed by atoms with Crippen molar-refractivity contribution in [2.45, 2.75) is 52.0 Å². The average Bonchev–Trinajstić information content (AvgIpc) is 3.46. The lowest BCUT2D eigenvalue weighted by Gasteiger charge is -2.39. The van der Waals surface area contributed by atoms with E-state index in [1.54, 1.807) is 0 Å². The van der Waals surface area contributed by atoms with Gasteiger partial charge in [0.2, 0.25) is 11.8 Å². The van der Waals surface area contributed by atoms with Crippen LogP contribution >= 0.6 is 24.0 Å². The minimum absolute atomic E-state index is 0. The number of amides is 2. The zero-order valence-corrected chi connectivity index (χ0v) is 21.0. The molecule has 8 nitrogen and oxygen atoms in total. The van der Waals surface area contributed by atoms with E-state index in [0.717, 1.165) is 90.5 Å². The fraction of sp³-hybridized carbons (Fsp3) is 0.857. The molecule has 3 fully saturated rings. The van der Waals surface area contributed by atoms with Gasteiger partial charge >= 0.3 is 0 Å². The molecule has 0 aliphatic carbocycles. The summed E-state index contributed by atoms with van der Waals surface area (Å²) in [6, 6.07) is -0.0483. The molecule has 2 amide bonds. The van der Waals surface area contributed by atoms with Crippen LogP contribution in [-0.2, 0) is 9.59 Å². The second-order valence-corrected chi connectivity index (χ2v) is 8.30. The van der Waals surface area contributed by atoms with Gasteiger partial charge in [-0.15, -0.1) is 24.0 Å². The van der Waals surface area contributed by atoms with Gasteiger partial charge in [-0.05, 0) is 39.5 Å². The van der Waals surface area contributed by atoms with Gasteiger partial charge in [-0.1, -0.05) is 0 Å². The smallest absolute Gasteiger partial charge is 0.239 e. The lowest BCUT2D eigenvalue weighted by Crippen LogP contribution is -2.57. The zero-order chi connectivity index (χ0) is 20.6. The summed E-state index contributed by atoms with van der Waals surface area (Å²) in [6.07, 6.45) is 5.00. The van der Waals surface area contributed by atoms with Crippen LogP contribution in [0.4, 0.5) is 0 Å². The number of carbonyl (C=O) groups excluding carboxylic acids is 2. The Bertz CT molecular complexity index is 582. The molecule has 1 unspecified atom stereocenters. The number of nitrogens with one attached hydrogen (secondary N) is 1. The van der Waals surface area contributed by atoms with Gasteiger partial charge in [0.05, 0.1) is 12.6 Å². The summed E-state index contributed by atoms with van der Waals surface area (Å²) >= 11 is 0. The molecule has 0 radical (unpaired) electrons. The van der Waals surface area contributed by atoms with Gasteiger partial charge in [0, 0.05) is 65.3 Å². The number of rotatable bonds is 6. The van der Waals surface area contributed by atoms with E-state index in [4.69, 9.17) is 4.99 Å². The SMILES string of the molecule is CCNC(=NCCC(=O)N1CCCC1)N1CCN(C(C)C(=O)N2CCCC2)CC1.I. The summed E-state index contributed by atoms with van der Waals surface area (Å²) in [4.78, 5) is 38.1. The monoisotopic (exact) mass is 534 g/mol. The molecule has 0 spiro atoms. The number of hydrogen-bond acceptors (Lipinski definition) is 4. The second-order valence-electron chi connectivity index (χ2n) is 8.30. The fourth-order valence-corrected chi connectivity index (χ4v) is 4.49. The molecule has 172 valence electrons. The molecule has 0 aromatic carbocycles. The lowest BCUT2D eigenvalue weighted by atomic mass is 10.2. The first-order chi connectivity index (χ1) is 14.1. The molecule has 0 bridgehead atoms. The maximum Gasteiger partial charge on any atom is 0.239 e. The van der Waals surface area contributed by atoms with Crippen LogP contribution in [0, 0.1) is 0 Å². The van der Waals surface area contributed by atoms with Crippen LogP contribution in [0.15, 0.2) is 4.99 Å². The maximum absolute atomic E-state index is 12.7. The van der Waals surface area contributed by atoms with Crippen LogP contribution in [0.5, 0.6) is 0 Å².